The number of halogens is 1. The molecule has 6 heterocycles. The number of benzene rings is 1. The third kappa shape index (κ3) is 3.47. The van der Waals surface area contributed by atoms with Crippen LogP contribution in [0.15, 0.2) is 42.7 Å². The fraction of sp³-hybridized carbons (Fsp3) is 0.280. The summed E-state index contributed by atoms with van der Waals surface area (Å²) < 4.78 is 26.6. The van der Waals surface area contributed by atoms with E-state index in [1.807, 2.05) is 12.1 Å². The molecule has 0 aliphatic carbocycles. The molecule has 0 saturated carbocycles. The van der Waals surface area contributed by atoms with E-state index in [-0.39, 0.29) is 24.0 Å². The Balaban J connectivity index is 1.38. The van der Waals surface area contributed by atoms with E-state index in [0.717, 1.165) is 23.0 Å². The Morgan fingerprint density at radius 1 is 1.17 bits per heavy atom. The molecular formula is C25H23FN8O2. The molecule has 2 fully saturated rings. The quantitative estimate of drug-likeness (QED) is 0.352. The highest BCUT2D eigenvalue weighted by Crippen LogP contribution is 2.38. The second-order valence-corrected chi connectivity index (χ2v) is 8.99. The number of pyridine rings is 2. The Kier molecular flexibility index (Phi) is 4.86. The molecule has 10 nitrogen and oxygen atoms in total. The normalized spacial score (nSPS) is 19.8. The number of H-pyrrole nitrogens is 1. The lowest BCUT2D eigenvalue weighted by molar-refractivity contribution is 0.0212. The summed E-state index contributed by atoms with van der Waals surface area (Å²) in [4.78, 5) is 23.7. The summed E-state index contributed by atoms with van der Waals surface area (Å²) in [6.07, 6.45) is 3.39. The Hall–Kier alpha value is -4.09. The van der Waals surface area contributed by atoms with Gasteiger partial charge in [-0.05, 0) is 24.3 Å². The number of aromatic amines is 1. The number of fused-ring (bicyclic) bond motifs is 5. The number of hydrogen-bond donors (Lipinski definition) is 3. The van der Waals surface area contributed by atoms with Crippen LogP contribution in [0.2, 0.25) is 0 Å². The van der Waals surface area contributed by atoms with Gasteiger partial charge in [-0.25, -0.2) is 4.39 Å². The summed E-state index contributed by atoms with van der Waals surface area (Å²) in [5, 5.41) is 8.03. The predicted octanol–water partition coefficient (Wildman–Crippen LogP) is 3.20. The van der Waals surface area contributed by atoms with Gasteiger partial charge < -0.3 is 30.0 Å². The van der Waals surface area contributed by atoms with Gasteiger partial charge in [0.25, 0.3) is 0 Å². The highest BCUT2D eigenvalue weighted by Gasteiger charge is 2.37. The topological polar surface area (TPSA) is 113 Å². The zero-order valence-corrected chi connectivity index (χ0v) is 19.5. The van der Waals surface area contributed by atoms with Crippen LogP contribution in [-0.4, -0.2) is 70.4 Å². The molecule has 11 heteroatoms. The molecule has 2 atom stereocenters. The number of aromatic nitrogens is 5. The van der Waals surface area contributed by atoms with Gasteiger partial charge in [0.2, 0.25) is 0 Å². The van der Waals surface area contributed by atoms with E-state index in [9.17, 15) is 4.39 Å². The van der Waals surface area contributed by atoms with Crippen molar-refractivity contribution in [2.75, 3.05) is 43.5 Å². The lowest BCUT2D eigenvalue weighted by Crippen LogP contribution is -2.47. The van der Waals surface area contributed by atoms with Gasteiger partial charge in [-0.3, -0.25) is 9.97 Å². The van der Waals surface area contributed by atoms with Crippen LogP contribution in [-0.2, 0) is 4.74 Å². The molecule has 1 aromatic carbocycles. The van der Waals surface area contributed by atoms with Crippen molar-refractivity contribution in [1.82, 2.24) is 30.2 Å². The van der Waals surface area contributed by atoms with E-state index in [1.54, 1.807) is 25.5 Å². The van der Waals surface area contributed by atoms with E-state index in [0.29, 0.717) is 53.5 Å². The third-order valence-corrected chi connectivity index (χ3v) is 6.80. The molecular weight excluding hydrogens is 463 g/mol. The molecule has 2 aliphatic heterocycles. The first kappa shape index (κ1) is 21.2. The maximum Gasteiger partial charge on any atom is 0.326 e. The van der Waals surface area contributed by atoms with Crippen LogP contribution in [0.5, 0.6) is 11.8 Å². The minimum Gasteiger partial charge on any atom is -0.422 e. The molecule has 0 bridgehead atoms. The van der Waals surface area contributed by atoms with Gasteiger partial charge >= 0.3 is 6.01 Å². The average Bonchev–Trinajstić information content (AvgIpc) is 3.49. The van der Waals surface area contributed by atoms with E-state index < -0.39 is 0 Å². The van der Waals surface area contributed by atoms with Crippen molar-refractivity contribution >= 4 is 44.5 Å². The van der Waals surface area contributed by atoms with Crippen molar-refractivity contribution in [2.45, 2.75) is 12.1 Å². The van der Waals surface area contributed by atoms with Gasteiger partial charge in [0, 0.05) is 44.3 Å². The van der Waals surface area contributed by atoms with Crippen molar-refractivity contribution in [3.8, 4) is 11.8 Å². The summed E-state index contributed by atoms with van der Waals surface area (Å²) in [5.41, 5.74) is 3.43. The van der Waals surface area contributed by atoms with Crippen molar-refractivity contribution in [1.29, 1.82) is 0 Å². The summed E-state index contributed by atoms with van der Waals surface area (Å²) >= 11 is 0. The zero-order valence-electron chi connectivity index (χ0n) is 19.5. The largest absolute Gasteiger partial charge is 0.422 e. The zero-order chi connectivity index (χ0) is 24.2. The van der Waals surface area contributed by atoms with Gasteiger partial charge in [0.15, 0.2) is 5.75 Å². The Labute approximate surface area is 204 Å². The van der Waals surface area contributed by atoms with Crippen molar-refractivity contribution in [3.05, 3.63) is 48.5 Å². The van der Waals surface area contributed by atoms with Crippen LogP contribution in [0.1, 0.15) is 0 Å². The maximum atomic E-state index is 14.6. The smallest absolute Gasteiger partial charge is 0.326 e. The summed E-state index contributed by atoms with van der Waals surface area (Å²) in [6, 6.07) is 8.85. The monoisotopic (exact) mass is 486 g/mol. The SMILES string of the molecule is CNc1cc(F)cc2c1[nH]c1nc(Oc3cnc4cccnc4c3)nc(N3CC4OCCN[C@@H]4C3)c12. The van der Waals surface area contributed by atoms with Gasteiger partial charge in [-0.1, -0.05) is 0 Å². The molecule has 1 unspecified atom stereocenters. The Morgan fingerprint density at radius 2 is 2.11 bits per heavy atom. The average molecular weight is 487 g/mol. The van der Waals surface area contributed by atoms with Crippen molar-refractivity contribution in [2.24, 2.45) is 0 Å². The fourth-order valence-electron chi connectivity index (χ4n) is 5.16. The van der Waals surface area contributed by atoms with Gasteiger partial charge in [0.05, 0.1) is 52.6 Å². The van der Waals surface area contributed by atoms with Gasteiger partial charge in [0.1, 0.15) is 17.3 Å². The molecule has 5 aromatic rings. The first-order valence-electron chi connectivity index (χ1n) is 11.9. The molecule has 0 radical (unpaired) electrons. The molecule has 0 amide bonds. The number of ether oxygens (including phenoxy) is 2. The number of hydrogen-bond acceptors (Lipinski definition) is 9. The molecule has 7 rings (SSSR count). The second kappa shape index (κ2) is 8.25. The number of rotatable bonds is 4. The molecule has 3 N–H and O–H groups in total. The van der Waals surface area contributed by atoms with Gasteiger partial charge in [-0.2, -0.15) is 9.97 Å². The van der Waals surface area contributed by atoms with Crippen LogP contribution in [0.3, 0.4) is 0 Å². The Bertz CT molecular complexity index is 1610. The minimum absolute atomic E-state index is 0.0544. The first-order chi connectivity index (χ1) is 17.7. The third-order valence-electron chi connectivity index (χ3n) is 6.80. The molecule has 0 spiro atoms. The number of nitrogens with one attached hydrogen (secondary N) is 3. The number of morpholine rings is 1. The van der Waals surface area contributed by atoms with Crippen LogP contribution in [0.4, 0.5) is 15.9 Å². The first-order valence-corrected chi connectivity index (χ1v) is 11.9. The molecule has 182 valence electrons. The Morgan fingerprint density at radius 3 is 3.00 bits per heavy atom. The van der Waals surface area contributed by atoms with Crippen LogP contribution >= 0.6 is 0 Å². The molecule has 36 heavy (non-hydrogen) atoms. The van der Waals surface area contributed by atoms with Crippen molar-refractivity contribution < 1.29 is 13.9 Å². The lowest BCUT2D eigenvalue weighted by atomic mass is 10.1. The summed E-state index contributed by atoms with van der Waals surface area (Å²) in [7, 11) is 1.76. The standard InChI is InChI=1S/C25H23FN8O2/c1-27-18-8-13(26)7-15-21-23(31-22(15)18)32-25(36-14-9-17-16(30-10-14)3-2-4-28-17)33-24(21)34-11-19-20(12-34)35-6-5-29-19/h2-4,7-10,19-20,27,29H,5-6,11-12H2,1H3,(H,31,32,33)/t19-,20?/m1/s1. The van der Waals surface area contributed by atoms with Crippen LogP contribution in [0.25, 0.3) is 33.0 Å². The molecule has 2 aliphatic rings. The van der Waals surface area contributed by atoms with E-state index in [4.69, 9.17) is 14.5 Å². The number of anilines is 2. The summed E-state index contributed by atoms with van der Waals surface area (Å²) in [5.74, 6) is 0.805. The van der Waals surface area contributed by atoms with E-state index in [1.165, 1.54) is 12.1 Å². The molecule has 4 aromatic heterocycles. The van der Waals surface area contributed by atoms with Crippen molar-refractivity contribution in [3.63, 3.8) is 0 Å². The highest BCUT2D eigenvalue weighted by molar-refractivity contribution is 6.14. The number of nitrogens with zero attached hydrogens (tertiary/aromatic N) is 5. The fourth-order valence-corrected chi connectivity index (χ4v) is 5.16. The maximum absolute atomic E-state index is 14.6. The van der Waals surface area contributed by atoms with Crippen LogP contribution in [0, 0.1) is 5.82 Å². The van der Waals surface area contributed by atoms with Crippen LogP contribution < -0.4 is 20.3 Å². The summed E-state index contributed by atoms with van der Waals surface area (Å²) in [6.45, 7) is 2.86. The highest BCUT2D eigenvalue weighted by atomic mass is 19.1. The predicted molar refractivity (Wildman–Crippen MR) is 134 cm³/mol. The lowest BCUT2D eigenvalue weighted by Gasteiger charge is -2.25. The van der Waals surface area contributed by atoms with E-state index in [2.05, 4.69) is 35.5 Å². The molecule has 2 saturated heterocycles. The minimum atomic E-state index is -0.339. The van der Waals surface area contributed by atoms with E-state index >= 15 is 0 Å². The van der Waals surface area contributed by atoms with Gasteiger partial charge in [-0.15, -0.1) is 0 Å². The second-order valence-electron chi connectivity index (χ2n) is 8.99.